The Labute approximate surface area is 200 Å². The highest BCUT2D eigenvalue weighted by molar-refractivity contribution is 7.99. The highest BCUT2D eigenvalue weighted by atomic mass is 35.5. The number of nitrogens with zero attached hydrogens (tertiary/aromatic N) is 3. The summed E-state index contributed by atoms with van der Waals surface area (Å²) in [5, 5.41) is 21.5. The number of hydrogen-bond donors (Lipinski definition) is 2. The zero-order chi connectivity index (χ0) is 22.9. The van der Waals surface area contributed by atoms with Gasteiger partial charge in [-0.1, -0.05) is 44.1 Å². The predicted molar refractivity (Wildman–Crippen MR) is 130 cm³/mol. The van der Waals surface area contributed by atoms with Crippen molar-refractivity contribution in [3.8, 4) is 17.5 Å². The van der Waals surface area contributed by atoms with Gasteiger partial charge in [-0.05, 0) is 60.4 Å². The average molecular weight is 486 g/mol. The van der Waals surface area contributed by atoms with Gasteiger partial charge >= 0.3 is 0 Å². The molecule has 0 spiro atoms. The molecule has 0 bridgehead atoms. The normalized spacial score (nSPS) is 15.8. The lowest BCUT2D eigenvalue weighted by atomic mass is 9.72. The molecule has 2 aromatic heterocycles. The second-order valence-electron chi connectivity index (χ2n) is 8.94. The largest absolute Gasteiger partial charge is 0.316 e. The van der Waals surface area contributed by atoms with E-state index in [1.54, 1.807) is 23.5 Å². The van der Waals surface area contributed by atoms with Crippen LogP contribution in [0.3, 0.4) is 0 Å². The summed E-state index contributed by atoms with van der Waals surface area (Å²) in [4.78, 5) is 18.3. The number of carbonyl (C=O) groups is 1. The number of benzene rings is 1. The van der Waals surface area contributed by atoms with E-state index < -0.39 is 0 Å². The molecule has 1 atom stereocenters. The molecule has 1 amide bonds. The number of fused-ring (bicyclic) bond motifs is 1. The van der Waals surface area contributed by atoms with Crippen molar-refractivity contribution in [2.24, 2.45) is 11.3 Å². The van der Waals surface area contributed by atoms with E-state index >= 15 is 0 Å². The van der Waals surface area contributed by atoms with Gasteiger partial charge in [0, 0.05) is 15.5 Å². The summed E-state index contributed by atoms with van der Waals surface area (Å²) in [5.41, 5.74) is 2.84. The number of halogens is 1. The zero-order valence-corrected chi connectivity index (χ0v) is 20.5. The van der Waals surface area contributed by atoms with E-state index in [1.807, 2.05) is 12.1 Å². The molecule has 2 heterocycles. The van der Waals surface area contributed by atoms with E-state index in [-0.39, 0.29) is 17.1 Å². The lowest BCUT2D eigenvalue weighted by Gasteiger charge is -2.33. The van der Waals surface area contributed by atoms with Crippen LogP contribution in [-0.2, 0) is 17.6 Å². The molecule has 1 aliphatic rings. The maximum absolute atomic E-state index is 12.6. The summed E-state index contributed by atoms with van der Waals surface area (Å²) < 4.78 is 0. The molecule has 2 N–H and O–H groups in total. The minimum Gasteiger partial charge on any atom is -0.316 e. The van der Waals surface area contributed by atoms with Crippen LogP contribution in [0.5, 0.6) is 0 Å². The highest BCUT2D eigenvalue weighted by Crippen LogP contribution is 2.44. The summed E-state index contributed by atoms with van der Waals surface area (Å²) in [6, 6.07) is 9.60. The lowest BCUT2D eigenvalue weighted by molar-refractivity contribution is -0.113. The van der Waals surface area contributed by atoms with Gasteiger partial charge in [-0.15, -0.1) is 16.4 Å². The first kappa shape index (κ1) is 22.8. The van der Waals surface area contributed by atoms with Gasteiger partial charge in [-0.3, -0.25) is 9.89 Å². The van der Waals surface area contributed by atoms with Crippen molar-refractivity contribution in [3.05, 3.63) is 45.3 Å². The number of thiophene rings is 1. The van der Waals surface area contributed by atoms with Gasteiger partial charge in [0.25, 0.3) is 0 Å². The third-order valence-corrected chi connectivity index (χ3v) is 8.04. The van der Waals surface area contributed by atoms with Crippen molar-refractivity contribution in [1.82, 2.24) is 15.2 Å². The number of anilines is 1. The van der Waals surface area contributed by atoms with Crippen LogP contribution in [0, 0.1) is 22.7 Å². The number of aromatic nitrogens is 3. The Bertz CT molecular complexity index is 1170. The molecular formula is C23H24ClN5OS2. The Kier molecular flexibility index (Phi) is 6.61. The minimum absolute atomic E-state index is 0.163. The molecule has 4 rings (SSSR count). The van der Waals surface area contributed by atoms with Crippen LogP contribution in [0.25, 0.3) is 11.4 Å². The summed E-state index contributed by atoms with van der Waals surface area (Å²) in [7, 11) is 0. The fourth-order valence-electron chi connectivity index (χ4n) is 3.87. The first-order valence-corrected chi connectivity index (χ1v) is 12.6. The molecule has 0 fully saturated rings. The van der Waals surface area contributed by atoms with Crippen LogP contribution >= 0.6 is 34.7 Å². The number of amides is 1. The number of H-pyrrole nitrogens is 1. The zero-order valence-electron chi connectivity index (χ0n) is 18.2. The highest BCUT2D eigenvalue weighted by Gasteiger charge is 2.32. The smallest absolute Gasteiger partial charge is 0.235 e. The van der Waals surface area contributed by atoms with Crippen molar-refractivity contribution in [2.75, 3.05) is 11.1 Å². The van der Waals surface area contributed by atoms with Crippen molar-refractivity contribution < 1.29 is 4.79 Å². The molecule has 0 radical (unpaired) electrons. The van der Waals surface area contributed by atoms with Crippen LogP contribution in [-0.4, -0.2) is 26.8 Å². The monoisotopic (exact) mass is 485 g/mol. The summed E-state index contributed by atoms with van der Waals surface area (Å²) >= 11 is 8.72. The van der Waals surface area contributed by atoms with Crippen LogP contribution < -0.4 is 5.32 Å². The van der Waals surface area contributed by atoms with Crippen LogP contribution in [0.15, 0.2) is 29.4 Å². The number of thioether (sulfide) groups is 1. The van der Waals surface area contributed by atoms with E-state index in [0.29, 0.717) is 32.5 Å². The van der Waals surface area contributed by atoms with E-state index in [1.165, 1.54) is 16.6 Å². The van der Waals surface area contributed by atoms with Crippen molar-refractivity contribution in [3.63, 3.8) is 0 Å². The van der Waals surface area contributed by atoms with Crippen LogP contribution in [0.4, 0.5) is 5.00 Å². The number of nitriles is 1. The third kappa shape index (κ3) is 5.01. The molecule has 1 aromatic carbocycles. The van der Waals surface area contributed by atoms with Crippen LogP contribution in [0.2, 0.25) is 5.02 Å². The van der Waals surface area contributed by atoms with E-state index in [2.05, 4.69) is 47.3 Å². The Morgan fingerprint density at radius 1 is 1.38 bits per heavy atom. The molecule has 6 nitrogen and oxygen atoms in total. The van der Waals surface area contributed by atoms with E-state index in [9.17, 15) is 10.1 Å². The molecule has 32 heavy (non-hydrogen) atoms. The van der Waals surface area contributed by atoms with E-state index in [0.717, 1.165) is 30.4 Å². The molecule has 0 saturated heterocycles. The second kappa shape index (κ2) is 9.26. The average Bonchev–Trinajstić information content (AvgIpc) is 3.35. The SMILES string of the molecule is CC(C)(C)[C@@H]1CCc2c(sc(NC(=O)CSc3n[nH]c(-c4ccc(Cl)cc4)n3)c2C#N)C1. The number of hydrogen-bond acceptors (Lipinski definition) is 6. The quantitative estimate of drug-likeness (QED) is 0.436. The Morgan fingerprint density at radius 2 is 2.12 bits per heavy atom. The fraction of sp³-hybridized carbons (Fsp3) is 0.391. The standard InChI is InChI=1S/C23H24ClN5OS2/c1-23(2,3)14-6-9-16-17(11-25)21(32-18(16)10-14)26-19(30)12-31-22-27-20(28-29-22)13-4-7-15(24)8-5-13/h4-5,7-8,14H,6,9-10,12H2,1-3H3,(H,26,30)(H,27,28,29)/t14-/m1/s1. The Hall–Kier alpha value is -2.34. The van der Waals surface area contributed by atoms with Crippen LogP contribution in [0.1, 0.15) is 43.2 Å². The molecule has 0 saturated carbocycles. The Morgan fingerprint density at radius 3 is 2.81 bits per heavy atom. The predicted octanol–water partition coefficient (Wildman–Crippen LogP) is 5.94. The maximum atomic E-state index is 12.6. The maximum Gasteiger partial charge on any atom is 0.235 e. The molecule has 3 aromatic rings. The molecule has 0 aliphatic heterocycles. The molecule has 1 aliphatic carbocycles. The van der Waals surface area contributed by atoms with Crippen molar-refractivity contribution >= 4 is 45.6 Å². The van der Waals surface area contributed by atoms with Gasteiger partial charge in [0.1, 0.15) is 11.1 Å². The van der Waals surface area contributed by atoms with Gasteiger partial charge < -0.3 is 5.32 Å². The number of rotatable bonds is 5. The van der Waals surface area contributed by atoms with Gasteiger partial charge in [0.05, 0.1) is 11.3 Å². The van der Waals surface area contributed by atoms with Gasteiger partial charge in [-0.25, -0.2) is 4.98 Å². The van der Waals surface area contributed by atoms with E-state index in [4.69, 9.17) is 11.6 Å². The fourth-order valence-corrected chi connectivity index (χ4v) is 5.89. The summed E-state index contributed by atoms with van der Waals surface area (Å²) in [6.07, 6.45) is 2.94. The molecule has 9 heteroatoms. The number of nitrogens with one attached hydrogen (secondary N) is 2. The third-order valence-electron chi connectivity index (χ3n) is 5.77. The first-order valence-electron chi connectivity index (χ1n) is 10.4. The number of aromatic amines is 1. The summed E-state index contributed by atoms with van der Waals surface area (Å²) in [6.45, 7) is 6.80. The molecular weight excluding hydrogens is 462 g/mol. The van der Waals surface area contributed by atoms with Gasteiger partial charge in [0.2, 0.25) is 11.1 Å². The summed E-state index contributed by atoms with van der Waals surface area (Å²) in [5.74, 6) is 1.20. The van der Waals surface area contributed by atoms with Gasteiger partial charge in [0.15, 0.2) is 5.82 Å². The lowest BCUT2D eigenvalue weighted by Crippen LogP contribution is -2.26. The second-order valence-corrected chi connectivity index (χ2v) is 11.4. The molecule has 166 valence electrons. The number of carbonyl (C=O) groups excluding carboxylic acids is 1. The van der Waals surface area contributed by atoms with Crippen molar-refractivity contribution in [1.29, 1.82) is 5.26 Å². The van der Waals surface area contributed by atoms with Crippen molar-refractivity contribution in [2.45, 2.75) is 45.2 Å². The first-order chi connectivity index (χ1) is 15.2. The molecule has 0 unspecified atom stereocenters. The Balaban J connectivity index is 1.39. The minimum atomic E-state index is -0.171. The topological polar surface area (TPSA) is 94.5 Å². The van der Waals surface area contributed by atoms with Gasteiger partial charge in [-0.2, -0.15) is 5.26 Å².